The van der Waals surface area contributed by atoms with Gasteiger partial charge in [0.2, 0.25) is 0 Å². The summed E-state index contributed by atoms with van der Waals surface area (Å²) in [6, 6.07) is 0. The fourth-order valence-electron chi connectivity index (χ4n) is 12.8. The molecule has 1 saturated heterocycles. The van der Waals surface area contributed by atoms with Gasteiger partial charge in [0, 0.05) is 26.2 Å². The summed E-state index contributed by atoms with van der Waals surface area (Å²) >= 11 is 0. The highest BCUT2D eigenvalue weighted by Crippen LogP contribution is 2.76. The van der Waals surface area contributed by atoms with Crippen LogP contribution in [0, 0.1) is 50.2 Å². The molecule has 4 saturated carbocycles. The van der Waals surface area contributed by atoms with Gasteiger partial charge < -0.3 is 33.9 Å². The largest absolute Gasteiger partial charge is 0.481 e. The molecule has 1 heterocycles. The number of carbonyl (C=O) groups excluding carboxylic acids is 3. The van der Waals surface area contributed by atoms with Crippen LogP contribution in [0.15, 0.2) is 11.6 Å². The Morgan fingerprint density at radius 3 is 2.06 bits per heavy atom. The first-order valence-corrected chi connectivity index (χ1v) is 19.5. The van der Waals surface area contributed by atoms with E-state index in [0.717, 1.165) is 51.4 Å². The number of carboxylic acids is 1. The molecule has 5 aliphatic carbocycles. The molecule has 292 valence electrons. The fraction of sp³-hybridized carbons (Fsp3) is 0.854. The summed E-state index contributed by atoms with van der Waals surface area (Å²) in [6.45, 7) is 17.5. The first kappa shape index (κ1) is 39.2. The molecule has 0 aromatic carbocycles. The Balaban J connectivity index is 1.30. The van der Waals surface area contributed by atoms with E-state index in [1.54, 1.807) is 0 Å². The van der Waals surface area contributed by atoms with Crippen LogP contribution < -0.4 is 0 Å². The SMILES string of the molecule is CC(=O)O[C@@H]1[C@@H](OC(C)=O)[C@H](O[C@H]2CC[C@@]3(C)[C@@H](CC[C@]4(C)[C@@H]3CC=C3[C@@H]5CC(C)(C)CC[C@]5(C(=O)O)CC[C@]34C)[C@]2(C)CO)OC[C@@H]1OC(C)=O. The van der Waals surface area contributed by atoms with E-state index in [0.29, 0.717) is 18.8 Å². The first-order chi connectivity index (χ1) is 24.2. The molecular formula is C41H62O11. The van der Waals surface area contributed by atoms with Crippen molar-refractivity contribution in [3.8, 4) is 0 Å². The molecule has 0 radical (unpaired) electrons. The number of carboxylic acid groups (broad SMARTS) is 1. The van der Waals surface area contributed by atoms with Gasteiger partial charge in [-0.05, 0) is 104 Å². The number of aliphatic hydroxyl groups excluding tert-OH is 1. The van der Waals surface area contributed by atoms with Crippen LogP contribution in [0.3, 0.4) is 0 Å². The van der Waals surface area contributed by atoms with Crippen molar-refractivity contribution in [2.24, 2.45) is 50.2 Å². The Kier molecular flexibility index (Phi) is 10.1. The number of aliphatic carboxylic acids is 1. The van der Waals surface area contributed by atoms with Crippen molar-refractivity contribution in [2.45, 2.75) is 157 Å². The minimum atomic E-state index is -1.19. The third kappa shape index (κ3) is 6.03. The van der Waals surface area contributed by atoms with Crippen LogP contribution in [-0.2, 0) is 42.9 Å². The van der Waals surface area contributed by atoms with Gasteiger partial charge in [0.1, 0.15) is 0 Å². The quantitative estimate of drug-likeness (QED) is 0.130. The summed E-state index contributed by atoms with van der Waals surface area (Å²) in [5.41, 5.74) is -0.181. The third-order valence-electron chi connectivity index (χ3n) is 15.7. The van der Waals surface area contributed by atoms with Gasteiger partial charge in [0.05, 0.1) is 24.7 Å². The zero-order valence-corrected chi connectivity index (χ0v) is 32.8. The molecule has 13 atom stereocenters. The Morgan fingerprint density at radius 1 is 0.808 bits per heavy atom. The van der Waals surface area contributed by atoms with Crippen LogP contribution in [0.5, 0.6) is 0 Å². The van der Waals surface area contributed by atoms with Gasteiger partial charge in [-0.1, -0.05) is 53.2 Å². The van der Waals surface area contributed by atoms with Crippen LogP contribution in [-0.4, -0.2) is 78.0 Å². The molecule has 6 aliphatic rings. The van der Waals surface area contributed by atoms with Gasteiger partial charge in [0.15, 0.2) is 24.6 Å². The molecule has 1 aliphatic heterocycles. The highest BCUT2D eigenvalue weighted by Gasteiger charge is 2.70. The van der Waals surface area contributed by atoms with E-state index in [2.05, 4.69) is 47.6 Å². The Hall–Kier alpha value is -2.50. The lowest BCUT2D eigenvalue weighted by Gasteiger charge is -2.71. The number of rotatable bonds is 7. The van der Waals surface area contributed by atoms with E-state index in [1.807, 2.05) is 0 Å². The average Bonchev–Trinajstić information content (AvgIpc) is 3.04. The maximum atomic E-state index is 13.0. The van der Waals surface area contributed by atoms with Gasteiger partial charge in [-0.3, -0.25) is 19.2 Å². The summed E-state index contributed by atoms with van der Waals surface area (Å²) in [7, 11) is 0. The number of carbonyl (C=O) groups is 4. The van der Waals surface area contributed by atoms with Gasteiger partial charge in [0.25, 0.3) is 0 Å². The molecule has 11 nitrogen and oxygen atoms in total. The van der Waals surface area contributed by atoms with Gasteiger partial charge in [-0.25, -0.2) is 0 Å². The van der Waals surface area contributed by atoms with Gasteiger partial charge >= 0.3 is 23.9 Å². The topological polar surface area (TPSA) is 155 Å². The van der Waals surface area contributed by atoms with E-state index >= 15 is 0 Å². The van der Waals surface area contributed by atoms with Crippen LogP contribution in [0.1, 0.15) is 127 Å². The van der Waals surface area contributed by atoms with Gasteiger partial charge in [-0.15, -0.1) is 0 Å². The highest BCUT2D eigenvalue weighted by molar-refractivity contribution is 5.76. The number of ether oxygens (including phenoxy) is 5. The number of fused-ring (bicyclic) bond motifs is 7. The minimum absolute atomic E-state index is 0.0413. The second-order valence-corrected chi connectivity index (χ2v) is 19.0. The molecule has 2 N–H and O–H groups in total. The fourth-order valence-corrected chi connectivity index (χ4v) is 12.8. The average molecular weight is 731 g/mol. The normalized spacial score (nSPS) is 46.5. The zero-order chi connectivity index (χ0) is 38.2. The minimum Gasteiger partial charge on any atom is -0.481 e. The second-order valence-electron chi connectivity index (χ2n) is 19.0. The van der Waals surface area contributed by atoms with E-state index in [9.17, 15) is 29.4 Å². The molecule has 0 bridgehead atoms. The van der Waals surface area contributed by atoms with Crippen LogP contribution in [0.25, 0.3) is 0 Å². The van der Waals surface area contributed by atoms with E-state index in [1.165, 1.54) is 26.3 Å². The van der Waals surface area contributed by atoms with E-state index < -0.39 is 65.4 Å². The van der Waals surface area contributed by atoms with E-state index in [4.69, 9.17) is 23.7 Å². The molecule has 0 amide bonds. The molecule has 6 rings (SSSR count). The lowest BCUT2D eigenvalue weighted by atomic mass is 9.33. The van der Waals surface area contributed by atoms with Crippen molar-refractivity contribution in [1.82, 2.24) is 0 Å². The summed E-state index contributed by atoms with van der Waals surface area (Å²) in [5.74, 6) is -2.01. The Labute approximate surface area is 308 Å². The van der Waals surface area contributed by atoms with Crippen molar-refractivity contribution < 1.29 is 53.1 Å². The molecule has 0 aromatic heterocycles. The summed E-state index contributed by atoms with van der Waals surface area (Å²) in [4.78, 5) is 49.4. The monoisotopic (exact) mass is 730 g/mol. The number of aliphatic hydroxyl groups is 1. The maximum Gasteiger partial charge on any atom is 0.310 e. The lowest BCUT2D eigenvalue weighted by molar-refractivity contribution is -0.316. The number of allylic oxidation sites excluding steroid dienone is 2. The Bertz CT molecular complexity index is 1490. The maximum absolute atomic E-state index is 13.0. The molecular weight excluding hydrogens is 668 g/mol. The lowest BCUT2D eigenvalue weighted by Crippen LogP contribution is -2.67. The zero-order valence-electron chi connectivity index (χ0n) is 32.8. The van der Waals surface area contributed by atoms with Crippen molar-refractivity contribution in [3.63, 3.8) is 0 Å². The van der Waals surface area contributed by atoms with Crippen LogP contribution >= 0.6 is 0 Å². The highest BCUT2D eigenvalue weighted by atomic mass is 16.7. The second kappa shape index (κ2) is 13.4. The molecule has 5 fully saturated rings. The predicted octanol–water partition coefficient (Wildman–Crippen LogP) is 6.38. The van der Waals surface area contributed by atoms with Crippen molar-refractivity contribution in [2.75, 3.05) is 13.2 Å². The van der Waals surface area contributed by atoms with E-state index in [-0.39, 0.29) is 46.7 Å². The summed E-state index contributed by atoms with van der Waals surface area (Å²) in [5, 5.41) is 22.0. The van der Waals surface area contributed by atoms with Crippen LogP contribution in [0.4, 0.5) is 0 Å². The first-order valence-electron chi connectivity index (χ1n) is 19.5. The predicted molar refractivity (Wildman–Crippen MR) is 189 cm³/mol. The van der Waals surface area contributed by atoms with Crippen LogP contribution in [0.2, 0.25) is 0 Å². The molecule has 52 heavy (non-hydrogen) atoms. The summed E-state index contributed by atoms with van der Waals surface area (Å²) in [6.07, 6.45) is 5.90. The van der Waals surface area contributed by atoms with Gasteiger partial charge in [-0.2, -0.15) is 0 Å². The number of esters is 3. The molecule has 0 unspecified atom stereocenters. The number of hydrogen-bond acceptors (Lipinski definition) is 10. The number of hydrogen-bond donors (Lipinski definition) is 2. The Morgan fingerprint density at radius 2 is 1.44 bits per heavy atom. The summed E-state index contributed by atoms with van der Waals surface area (Å²) < 4.78 is 29.4. The smallest absolute Gasteiger partial charge is 0.310 e. The standard InChI is InChI=1S/C41H62O11/c1-23(43)49-28-21-48-34(33(51-25(3)45)32(28)50-24(2)44)52-31-13-14-37(6)29(38(31,7)22-42)12-15-40(9)30(37)11-10-26-27-20-36(4,5)16-18-41(27,35(46)47)19-17-39(26,40)8/h10,27-34,42H,11-22H2,1-9H3,(H,46,47)/t27-,28-,29+,30+,31-,32-,33+,34-,37-,38-,39+,40+,41-/m0/s1. The molecule has 0 spiro atoms. The van der Waals surface area contributed by atoms with Crippen molar-refractivity contribution in [1.29, 1.82) is 0 Å². The molecule has 0 aromatic rings. The third-order valence-corrected chi connectivity index (χ3v) is 15.7. The van der Waals surface area contributed by atoms with Crippen molar-refractivity contribution in [3.05, 3.63) is 11.6 Å². The van der Waals surface area contributed by atoms with Crippen molar-refractivity contribution >= 4 is 23.9 Å². The molecule has 11 heteroatoms.